The fourth-order valence-corrected chi connectivity index (χ4v) is 4.12. The highest BCUT2D eigenvalue weighted by atomic mass is 79.9. The molecule has 0 saturated heterocycles. The van der Waals surface area contributed by atoms with Crippen LogP contribution in [-0.2, 0) is 9.84 Å². The van der Waals surface area contributed by atoms with Crippen molar-refractivity contribution in [2.45, 2.75) is 17.9 Å². The Morgan fingerprint density at radius 3 is 2.59 bits per heavy atom. The maximum Gasteiger partial charge on any atom is 0.216 e. The van der Waals surface area contributed by atoms with Crippen LogP contribution in [0.15, 0.2) is 68.4 Å². The number of hydrogen-bond acceptors (Lipinski definition) is 5. The lowest BCUT2D eigenvalue weighted by Gasteiger charge is -2.24. The molecule has 0 N–H and O–H groups in total. The molecule has 0 spiro atoms. The number of para-hydroxylation sites is 1. The molecular weight excluding hydrogens is 430 g/mol. The maximum absolute atomic E-state index is 12.8. The molecule has 0 amide bonds. The number of methoxy groups -OCH3 is 1. The molecule has 1 unspecified atom stereocenters. The number of allylic oxidation sites excluding steroid dienone is 1. The summed E-state index contributed by atoms with van der Waals surface area (Å²) in [7, 11) is -2.37. The van der Waals surface area contributed by atoms with E-state index in [1.165, 1.54) is 18.2 Å². The number of benzene rings is 2. The zero-order valence-corrected chi connectivity index (χ0v) is 17.0. The SMILES string of the molecule is COc1cccc2c1OC(C)C(/C=C(\C#N)S(=O)(=O)c1ccc(Br)cc1)=C2. The lowest BCUT2D eigenvalue weighted by molar-refractivity contribution is 0.243. The molecule has 0 saturated carbocycles. The quantitative estimate of drug-likeness (QED) is 0.647. The Labute approximate surface area is 166 Å². The van der Waals surface area contributed by atoms with Gasteiger partial charge in [-0.3, -0.25) is 0 Å². The van der Waals surface area contributed by atoms with Gasteiger partial charge in [-0.25, -0.2) is 8.42 Å². The Balaban J connectivity index is 2.06. The van der Waals surface area contributed by atoms with E-state index in [1.54, 1.807) is 38.3 Å². The Morgan fingerprint density at radius 2 is 1.96 bits per heavy atom. The Hall–Kier alpha value is -2.56. The number of nitrogens with zero attached hydrogens (tertiary/aromatic N) is 1. The second-order valence-electron chi connectivity index (χ2n) is 5.86. The third kappa shape index (κ3) is 3.77. The molecule has 1 aliphatic heterocycles. The van der Waals surface area contributed by atoms with Crippen molar-refractivity contribution in [1.29, 1.82) is 5.26 Å². The van der Waals surface area contributed by atoms with E-state index in [1.807, 2.05) is 18.2 Å². The van der Waals surface area contributed by atoms with E-state index in [9.17, 15) is 13.7 Å². The summed E-state index contributed by atoms with van der Waals surface area (Å²) < 4.78 is 37.6. The second-order valence-corrected chi connectivity index (χ2v) is 8.69. The highest BCUT2D eigenvalue weighted by molar-refractivity contribution is 9.10. The number of sulfone groups is 1. The molecule has 0 aromatic heterocycles. The largest absolute Gasteiger partial charge is 0.493 e. The minimum Gasteiger partial charge on any atom is -0.493 e. The molecule has 1 atom stereocenters. The summed E-state index contributed by atoms with van der Waals surface area (Å²) in [6.07, 6.45) is 2.74. The summed E-state index contributed by atoms with van der Waals surface area (Å²) in [6, 6.07) is 13.4. The standard InChI is InChI=1S/C20H16BrNO4S/c1-13-15(10-14-4-3-5-19(25-2)20(14)26-13)11-18(12-22)27(23,24)17-8-6-16(21)7-9-17/h3-11,13H,1-2H3/b18-11+. The molecule has 1 aliphatic rings. The lowest BCUT2D eigenvalue weighted by Crippen LogP contribution is -2.19. The third-order valence-corrected chi connectivity index (χ3v) is 6.35. The zero-order chi connectivity index (χ0) is 19.6. The van der Waals surface area contributed by atoms with E-state index in [0.29, 0.717) is 17.1 Å². The predicted molar refractivity (Wildman–Crippen MR) is 106 cm³/mol. The molecule has 27 heavy (non-hydrogen) atoms. The van der Waals surface area contributed by atoms with Gasteiger partial charge in [0.2, 0.25) is 9.84 Å². The molecule has 3 rings (SSSR count). The number of rotatable bonds is 4. The van der Waals surface area contributed by atoms with Crippen molar-refractivity contribution in [2.24, 2.45) is 0 Å². The first-order valence-electron chi connectivity index (χ1n) is 8.04. The molecule has 2 aromatic rings. The lowest BCUT2D eigenvalue weighted by atomic mass is 10.0. The van der Waals surface area contributed by atoms with Gasteiger partial charge in [0.05, 0.1) is 12.0 Å². The van der Waals surface area contributed by atoms with Crippen molar-refractivity contribution < 1.29 is 17.9 Å². The Bertz CT molecular complexity index is 1080. The Morgan fingerprint density at radius 1 is 1.26 bits per heavy atom. The van der Waals surface area contributed by atoms with Gasteiger partial charge in [-0.2, -0.15) is 5.26 Å². The second kappa shape index (κ2) is 7.59. The number of ether oxygens (including phenoxy) is 2. The van der Waals surface area contributed by atoms with Crippen molar-refractivity contribution in [2.75, 3.05) is 7.11 Å². The first-order valence-corrected chi connectivity index (χ1v) is 10.3. The number of halogens is 1. The minimum absolute atomic E-state index is 0.0607. The van der Waals surface area contributed by atoms with E-state index < -0.39 is 15.9 Å². The summed E-state index contributed by atoms with van der Waals surface area (Å²) in [4.78, 5) is -0.275. The number of fused-ring (bicyclic) bond motifs is 1. The van der Waals surface area contributed by atoms with E-state index in [4.69, 9.17) is 9.47 Å². The highest BCUT2D eigenvalue weighted by Gasteiger charge is 2.25. The van der Waals surface area contributed by atoms with Gasteiger partial charge >= 0.3 is 0 Å². The number of nitriles is 1. The molecule has 2 aromatic carbocycles. The van der Waals surface area contributed by atoms with Gasteiger partial charge in [0.15, 0.2) is 11.5 Å². The van der Waals surface area contributed by atoms with Crippen molar-refractivity contribution >= 4 is 31.8 Å². The average Bonchev–Trinajstić information content (AvgIpc) is 2.66. The van der Waals surface area contributed by atoms with Crippen LogP contribution >= 0.6 is 15.9 Å². The van der Waals surface area contributed by atoms with Crippen LogP contribution in [0.4, 0.5) is 0 Å². The van der Waals surface area contributed by atoms with E-state index in [0.717, 1.165) is 10.0 Å². The molecule has 1 heterocycles. The van der Waals surface area contributed by atoms with Gasteiger partial charge < -0.3 is 9.47 Å². The minimum atomic E-state index is -3.92. The Kier molecular flexibility index (Phi) is 5.40. The molecule has 0 bridgehead atoms. The van der Waals surface area contributed by atoms with Crippen molar-refractivity contribution in [3.05, 3.63) is 69.1 Å². The molecule has 5 nitrogen and oxygen atoms in total. The van der Waals surface area contributed by atoms with Gasteiger partial charge in [-0.05, 0) is 55.0 Å². The van der Waals surface area contributed by atoms with Crippen LogP contribution in [0.25, 0.3) is 6.08 Å². The van der Waals surface area contributed by atoms with Crippen molar-refractivity contribution in [3.8, 4) is 17.6 Å². The zero-order valence-electron chi connectivity index (χ0n) is 14.6. The molecule has 0 fully saturated rings. The number of hydrogen-bond donors (Lipinski definition) is 0. The van der Waals surface area contributed by atoms with Crippen LogP contribution in [0.5, 0.6) is 11.5 Å². The normalized spacial score (nSPS) is 16.6. The van der Waals surface area contributed by atoms with E-state index in [2.05, 4.69) is 15.9 Å². The van der Waals surface area contributed by atoms with Gasteiger partial charge in [0, 0.05) is 10.0 Å². The van der Waals surface area contributed by atoms with Crippen LogP contribution in [0.3, 0.4) is 0 Å². The predicted octanol–water partition coefficient (Wildman–Crippen LogP) is 4.50. The monoisotopic (exact) mass is 445 g/mol. The fourth-order valence-electron chi connectivity index (χ4n) is 2.70. The van der Waals surface area contributed by atoms with E-state index in [-0.39, 0.29) is 9.80 Å². The van der Waals surface area contributed by atoms with Crippen molar-refractivity contribution in [1.82, 2.24) is 0 Å². The molecular formula is C20H16BrNO4S. The van der Waals surface area contributed by atoms with Gasteiger partial charge in [-0.15, -0.1) is 0 Å². The summed E-state index contributed by atoms with van der Waals surface area (Å²) >= 11 is 3.27. The summed E-state index contributed by atoms with van der Waals surface area (Å²) in [6.45, 7) is 1.79. The maximum atomic E-state index is 12.8. The first-order chi connectivity index (χ1) is 12.9. The summed E-state index contributed by atoms with van der Waals surface area (Å²) in [5.74, 6) is 1.19. The molecule has 0 radical (unpaired) electrons. The van der Waals surface area contributed by atoms with Crippen LogP contribution in [0.1, 0.15) is 12.5 Å². The highest BCUT2D eigenvalue weighted by Crippen LogP contribution is 2.38. The summed E-state index contributed by atoms with van der Waals surface area (Å²) in [5.41, 5.74) is 1.35. The smallest absolute Gasteiger partial charge is 0.216 e. The topological polar surface area (TPSA) is 76.4 Å². The van der Waals surface area contributed by atoms with Crippen LogP contribution < -0.4 is 9.47 Å². The van der Waals surface area contributed by atoms with Gasteiger partial charge in [0.25, 0.3) is 0 Å². The van der Waals surface area contributed by atoms with Crippen LogP contribution in [0, 0.1) is 11.3 Å². The van der Waals surface area contributed by atoms with Crippen molar-refractivity contribution in [3.63, 3.8) is 0 Å². The van der Waals surface area contributed by atoms with Crippen LogP contribution in [0.2, 0.25) is 0 Å². The molecule has 138 valence electrons. The molecule has 0 aliphatic carbocycles. The molecule has 7 heteroatoms. The third-order valence-electron chi connectivity index (χ3n) is 4.14. The first kappa shape index (κ1) is 19.2. The van der Waals surface area contributed by atoms with Crippen LogP contribution in [-0.4, -0.2) is 21.6 Å². The fraction of sp³-hybridized carbons (Fsp3) is 0.150. The van der Waals surface area contributed by atoms with E-state index >= 15 is 0 Å². The van der Waals surface area contributed by atoms with Gasteiger partial charge in [0.1, 0.15) is 17.1 Å². The summed E-state index contributed by atoms with van der Waals surface area (Å²) in [5, 5.41) is 9.48. The van der Waals surface area contributed by atoms with Gasteiger partial charge in [-0.1, -0.05) is 28.1 Å². The average molecular weight is 446 g/mol.